The number of likely N-dealkylation sites (tertiary alicyclic amines) is 1. The van der Waals surface area contributed by atoms with Crippen molar-refractivity contribution >= 4 is 17.8 Å². The van der Waals surface area contributed by atoms with Crippen LogP contribution in [0.15, 0.2) is 42.5 Å². The highest BCUT2D eigenvalue weighted by atomic mass is 19.3. The maximum atomic E-state index is 14.9. The summed E-state index contributed by atoms with van der Waals surface area (Å²) in [4.78, 5) is 44.1. The van der Waals surface area contributed by atoms with Gasteiger partial charge in [-0.25, -0.2) is 22.9 Å². The zero-order valence-corrected chi connectivity index (χ0v) is 21.0. The lowest BCUT2D eigenvalue weighted by atomic mass is 9.77. The van der Waals surface area contributed by atoms with Crippen LogP contribution in [0, 0.1) is 5.95 Å². The number of benzene rings is 1. The Hall–Kier alpha value is -3.70. The van der Waals surface area contributed by atoms with Crippen molar-refractivity contribution in [2.75, 3.05) is 27.2 Å². The number of amides is 4. The number of halogens is 4. The van der Waals surface area contributed by atoms with Gasteiger partial charge in [0.15, 0.2) is 0 Å². The number of nitrogens with one attached hydrogen (secondary N) is 2. The minimum atomic E-state index is -2.82. The zero-order valence-electron chi connectivity index (χ0n) is 21.0. The van der Waals surface area contributed by atoms with Gasteiger partial charge in [-0.2, -0.15) is 4.39 Å². The van der Waals surface area contributed by atoms with Crippen molar-refractivity contribution in [1.29, 1.82) is 0 Å². The second-order valence-corrected chi connectivity index (χ2v) is 9.88. The maximum absolute atomic E-state index is 14.9. The first-order valence-electron chi connectivity index (χ1n) is 12.2. The fourth-order valence-electron chi connectivity index (χ4n) is 4.74. The molecule has 1 aromatic heterocycles. The molecular formula is C26H29F4N5O3. The van der Waals surface area contributed by atoms with Gasteiger partial charge < -0.3 is 20.4 Å². The monoisotopic (exact) mass is 535 g/mol. The fraction of sp³-hybridized carbons (Fsp3) is 0.462. The minimum Gasteiger partial charge on any atom is -0.342 e. The molecule has 8 nitrogen and oxygen atoms in total. The van der Waals surface area contributed by atoms with Gasteiger partial charge in [0.05, 0.1) is 24.8 Å². The van der Waals surface area contributed by atoms with Crippen molar-refractivity contribution < 1.29 is 31.9 Å². The summed E-state index contributed by atoms with van der Waals surface area (Å²) in [7, 11) is 3.00. The first-order chi connectivity index (χ1) is 17.9. The number of alkyl halides is 3. The molecule has 1 aromatic carbocycles. The van der Waals surface area contributed by atoms with Crippen LogP contribution in [0.1, 0.15) is 48.0 Å². The molecule has 204 valence electrons. The van der Waals surface area contributed by atoms with Crippen molar-refractivity contribution in [2.24, 2.45) is 0 Å². The van der Waals surface area contributed by atoms with Gasteiger partial charge in [-0.1, -0.05) is 36.4 Å². The predicted octanol–water partition coefficient (Wildman–Crippen LogP) is 3.15. The average molecular weight is 536 g/mol. The quantitative estimate of drug-likeness (QED) is 0.421. The summed E-state index contributed by atoms with van der Waals surface area (Å²) in [5.74, 6) is -5.64. The Morgan fingerprint density at radius 3 is 2.42 bits per heavy atom. The van der Waals surface area contributed by atoms with Gasteiger partial charge in [-0.15, -0.1) is 0 Å². The second kappa shape index (κ2) is 11.0. The lowest BCUT2D eigenvalue weighted by molar-refractivity contribution is -0.137. The number of aromatic nitrogens is 1. The van der Waals surface area contributed by atoms with Gasteiger partial charge >= 0.3 is 6.03 Å². The summed E-state index contributed by atoms with van der Waals surface area (Å²) in [5, 5.41) is 5.16. The Balaban J connectivity index is 1.53. The molecule has 1 saturated carbocycles. The van der Waals surface area contributed by atoms with E-state index in [1.165, 1.54) is 31.1 Å². The molecule has 2 N–H and O–H groups in total. The van der Waals surface area contributed by atoms with Crippen molar-refractivity contribution in [2.45, 2.75) is 49.4 Å². The third kappa shape index (κ3) is 6.05. The summed E-state index contributed by atoms with van der Waals surface area (Å²) in [6, 6.07) is 8.83. The van der Waals surface area contributed by atoms with E-state index in [1.807, 2.05) is 0 Å². The molecule has 1 aliphatic heterocycles. The van der Waals surface area contributed by atoms with Gasteiger partial charge in [-0.05, 0) is 17.5 Å². The number of urea groups is 1. The summed E-state index contributed by atoms with van der Waals surface area (Å²) in [6.07, 6.45) is -2.58. The molecule has 2 aromatic rings. The molecule has 1 aliphatic carbocycles. The number of pyridine rings is 1. The van der Waals surface area contributed by atoms with E-state index >= 15 is 0 Å². The van der Waals surface area contributed by atoms with E-state index in [-0.39, 0.29) is 24.2 Å². The van der Waals surface area contributed by atoms with E-state index in [1.54, 1.807) is 30.3 Å². The van der Waals surface area contributed by atoms with Gasteiger partial charge in [0.25, 0.3) is 0 Å². The van der Waals surface area contributed by atoms with Crippen molar-refractivity contribution in [3.8, 4) is 0 Å². The summed E-state index contributed by atoms with van der Waals surface area (Å²) in [6.45, 7) is -0.720. The Kier molecular flexibility index (Phi) is 7.89. The van der Waals surface area contributed by atoms with Crippen LogP contribution in [0.25, 0.3) is 0 Å². The summed E-state index contributed by atoms with van der Waals surface area (Å²) in [5.41, 5.74) is 0.773. The molecule has 2 aliphatic rings. The molecule has 1 saturated heterocycles. The van der Waals surface area contributed by atoms with E-state index < -0.39 is 73.3 Å². The number of nitrogens with zero attached hydrogens (tertiary/aromatic N) is 3. The summed E-state index contributed by atoms with van der Waals surface area (Å²) < 4.78 is 55.8. The number of hydrogen-bond donors (Lipinski definition) is 2. The van der Waals surface area contributed by atoms with Crippen LogP contribution in [0.2, 0.25) is 0 Å². The fourth-order valence-corrected chi connectivity index (χ4v) is 4.74. The number of hydrogen-bond acceptors (Lipinski definition) is 4. The van der Waals surface area contributed by atoms with Crippen LogP contribution in [0.3, 0.4) is 0 Å². The third-order valence-corrected chi connectivity index (χ3v) is 6.81. The molecule has 4 rings (SSSR count). The molecule has 3 unspecified atom stereocenters. The highest BCUT2D eigenvalue weighted by Gasteiger charge is 2.47. The van der Waals surface area contributed by atoms with Gasteiger partial charge in [-0.3, -0.25) is 9.59 Å². The SMILES string of the molecule is CN(C)C(=O)NCC(=O)N1CC(F)CC1C(=O)NC(c1ccccc1)c1ccc(C2CC(F)(F)C2)c(F)n1. The van der Waals surface area contributed by atoms with Crippen LogP contribution < -0.4 is 10.6 Å². The van der Waals surface area contributed by atoms with Gasteiger partial charge in [0.1, 0.15) is 12.2 Å². The zero-order chi connectivity index (χ0) is 27.6. The number of rotatable bonds is 7. The standard InChI is InChI=1S/C26H29F4N5O3/c1-34(2)25(38)31-13-21(36)35-14-17(27)10-20(35)24(37)33-22(15-6-4-3-5-7-15)19-9-8-18(23(28)32-19)16-11-26(29,30)12-16/h3-9,16-17,20,22H,10-14H2,1-2H3,(H,31,38)(H,33,37). The van der Waals surface area contributed by atoms with E-state index in [2.05, 4.69) is 15.6 Å². The largest absolute Gasteiger partial charge is 0.342 e. The normalized spacial score (nSPS) is 21.4. The first kappa shape index (κ1) is 27.3. The van der Waals surface area contributed by atoms with Crippen molar-refractivity contribution in [3.63, 3.8) is 0 Å². The van der Waals surface area contributed by atoms with Crippen LogP contribution in [-0.2, 0) is 9.59 Å². The Bertz CT molecular complexity index is 1190. The van der Waals surface area contributed by atoms with Crippen LogP contribution in [0.5, 0.6) is 0 Å². The Morgan fingerprint density at radius 1 is 1.13 bits per heavy atom. The highest BCUT2D eigenvalue weighted by Crippen LogP contribution is 2.48. The van der Waals surface area contributed by atoms with Crippen molar-refractivity contribution in [1.82, 2.24) is 25.4 Å². The van der Waals surface area contributed by atoms with E-state index in [9.17, 15) is 31.9 Å². The molecule has 0 radical (unpaired) electrons. The minimum absolute atomic E-state index is 0.0884. The predicted molar refractivity (Wildman–Crippen MR) is 130 cm³/mol. The second-order valence-electron chi connectivity index (χ2n) is 9.88. The van der Waals surface area contributed by atoms with Crippen molar-refractivity contribution in [3.05, 3.63) is 65.2 Å². The Morgan fingerprint density at radius 2 is 1.82 bits per heavy atom. The molecule has 3 atom stereocenters. The molecule has 0 spiro atoms. The van der Waals surface area contributed by atoms with Gasteiger partial charge in [0.2, 0.25) is 23.7 Å². The molecule has 0 bridgehead atoms. The molecule has 2 heterocycles. The molecular weight excluding hydrogens is 506 g/mol. The van der Waals surface area contributed by atoms with Crippen LogP contribution in [0.4, 0.5) is 22.4 Å². The molecule has 4 amide bonds. The molecule has 38 heavy (non-hydrogen) atoms. The molecule has 12 heteroatoms. The lowest BCUT2D eigenvalue weighted by Crippen LogP contribution is -2.50. The van der Waals surface area contributed by atoms with Crippen LogP contribution >= 0.6 is 0 Å². The number of carbonyl (C=O) groups is 3. The highest BCUT2D eigenvalue weighted by molar-refractivity contribution is 5.91. The maximum Gasteiger partial charge on any atom is 0.317 e. The smallest absolute Gasteiger partial charge is 0.317 e. The van der Waals surface area contributed by atoms with E-state index in [0.29, 0.717) is 5.56 Å². The third-order valence-electron chi connectivity index (χ3n) is 6.81. The topological polar surface area (TPSA) is 94.6 Å². The lowest BCUT2D eigenvalue weighted by Gasteiger charge is -2.35. The average Bonchev–Trinajstić information content (AvgIpc) is 3.26. The van der Waals surface area contributed by atoms with E-state index in [0.717, 1.165) is 4.90 Å². The first-order valence-corrected chi connectivity index (χ1v) is 12.2. The van der Waals surface area contributed by atoms with Crippen LogP contribution in [-0.4, -0.2) is 78.0 Å². The van der Waals surface area contributed by atoms with Gasteiger partial charge in [0, 0.05) is 38.9 Å². The Labute approximate surface area is 217 Å². The molecule has 2 fully saturated rings. The number of carbonyl (C=O) groups excluding carboxylic acids is 3. The van der Waals surface area contributed by atoms with E-state index in [4.69, 9.17) is 0 Å². The summed E-state index contributed by atoms with van der Waals surface area (Å²) >= 11 is 0.